The molecule has 0 aromatic rings. The van der Waals surface area contributed by atoms with Gasteiger partial charge in [0.15, 0.2) is 43.5 Å². The van der Waals surface area contributed by atoms with Crippen molar-refractivity contribution in [3.05, 3.63) is 11.6 Å². The molecule has 6 saturated heterocycles. The molecule has 3 saturated carbocycles. The van der Waals surface area contributed by atoms with Gasteiger partial charge < -0.3 is 106 Å². The zero-order chi connectivity index (χ0) is 63.5. The monoisotopic (exact) mass is 1260 g/mol. The number of allylic oxidation sites excluding steroid dienone is 1. The van der Waals surface area contributed by atoms with Gasteiger partial charge in [-0.1, -0.05) is 25.5 Å². The molecule has 24 nitrogen and oxygen atoms in total. The van der Waals surface area contributed by atoms with Gasteiger partial charge in [0.25, 0.3) is 0 Å². The average molecular weight is 1260 g/mol. The van der Waals surface area contributed by atoms with Gasteiger partial charge in [0.05, 0.1) is 90.4 Å². The van der Waals surface area contributed by atoms with Crippen molar-refractivity contribution in [2.45, 2.75) is 324 Å². The summed E-state index contributed by atoms with van der Waals surface area (Å²) in [5, 5.41) is 46.4. The fourth-order valence-electron chi connectivity index (χ4n) is 17.4. The number of aliphatic hydroxyl groups excluding tert-OH is 2. The lowest BCUT2D eigenvalue weighted by molar-refractivity contribution is -0.354. The van der Waals surface area contributed by atoms with Gasteiger partial charge in [0.2, 0.25) is 0 Å². The highest BCUT2D eigenvalue weighted by molar-refractivity contribution is 5.87. The maximum atomic E-state index is 13.1. The van der Waals surface area contributed by atoms with Crippen molar-refractivity contribution in [1.82, 2.24) is 0 Å². The van der Waals surface area contributed by atoms with E-state index < -0.39 is 176 Å². The second-order valence-electron chi connectivity index (χ2n) is 27.4. The Labute approximate surface area is 519 Å². The van der Waals surface area contributed by atoms with E-state index in [0.29, 0.717) is 51.4 Å². The molecule has 0 aromatic carbocycles. The van der Waals surface area contributed by atoms with Gasteiger partial charge in [-0.25, -0.2) is 0 Å². The number of carbonyl (C=O) groups excluding carboxylic acids is 2. The van der Waals surface area contributed by atoms with Crippen molar-refractivity contribution in [3.8, 4) is 0 Å². The van der Waals surface area contributed by atoms with Gasteiger partial charge in [-0.3, -0.25) is 9.59 Å². The molecule has 88 heavy (non-hydrogen) atoms. The number of hydrogen-bond donors (Lipinski definition) is 4. The summed E-state index contributed by atoms with van der Waals surface area (Å²) in [5.41, 5.74) is -3.67. The summed E-state index contributed by atoms with van der Waals surface area (Å²) in [6, 6.07) is 0. The molecule has 32 atom stereocenters. The quantitative estimate of drug-likeness (QED) is 0.0994. The Morgan fingerprint density at radius 1 is 0.500 bits per heavy atom. The fourth-order valence-corrected chi connectivity index (χ4v) is 17.4. The summed E-state index contributed by atoms with van der Waals surface area (Å²) >= 11 is 0. The SMILES string of the molecule is COC1CC(OC2C(O)CC(OC3C(C)OC(OC4C(C)OC(OC5C(C)OC(OC6C(C)OC(OC7CCC8(C)C(=CCC9C8CC(OC(C)=O)C8(C)C(O)(C(C)=O)CCC98O)C7)CC6OC)CC5OC)CC4OC)CC3OC)OC2C)OC(C)C1O. The molecule has 6 heterocycles. The number of aliphatic hydroxyl groups is 4. The lowest BCUT2D eigenvalue weighted by Crippen LogP contribution is -2.71. The molecule has 4 aliphatic carbocycles. The number of Topliss-reactive ketones (excluding diaryl/α,β-unsaturated/α-hetero) is 1. The standard InChI is InChI=1S/C64H104O24/c1-30-55(68)43(71-11)25-51(76-30)84-56-31(2)77-49(24-42(56)67)85-57-33(4)79-52(27-45(57)73-13)87-59-35(6)81-54(29-47(59)75-15)88-60-34(5)80-53(28-46(60)74-14)86-58-32(3)78-50(26-44(58)72-12)83-39-18-19-61(9)38(22-39)16-17-40-41(61)23-48(82-37(8)66)62(10)63(69,36(7)65)20-21-64(40,62)70/h16,30-35,39-60,67-70H,17-29H2,1-15H3. The first kappa shape index (κ1) is 68.9. The van der Waals surface area contributed by atoms with Crippen LogP contribution in [0.4, 0.5) is 0 Å². The molecule has 0 bridgehead atoms. The zero-order valence-corrected chi connectivity index (χ0v) is 54.4. The minimum absolute atomic E-state index is 0.0480. The summed E-state index contributed by atoms with van der Waals surface area (Å²) in [6.45, 7) is 18.0. The summed E-state index contributed by atoms with van der Waals surface area (Å²) in [5.74, 6) is -1.20. The molecule has 0 spiro atoms. The van der Waals surface area contributed by atoms with E-state index in [9.17, 15) is 30.0 Å². The highest BCUT2D eigenvalue weighted by Crippen LogP contribution is 2.69. The Balaban J connectivity index is 0.685. The van der Waals surface area contributed by atoms with Crippen LogP contribution in [0.5, 0.6) is 0 Å². The molecule has 4 N–H and O–H groups in total. The topological polar surface area (TPSA) is 281 Å². The molecule has 0 aromatic heterocycles. The number of fused-ring (bicyclic) bond motifs is 5. The van der Waals surface area contributed by atoms with Crippen molar-refractivity contribution in [1.29, 1.82) is 0 Å². The first-order valence-corrected chi connectivity index (χ1v) is 32.4. The van der Waals surface area contributed by atoms with Crippen LogP contribution in [0, 0.1) is 22.7 Å². The van der Waals surface area contributed by atoms with Gasteiger partial charge in [0, 0.05) is 81.0 Å². The van der Waals surface area contributed by atoms with Crippen molar-refractivity contribution in [2.24, 2.45) is 22.7 Å². The van der Waals surface area contributed by atoms with E-state index in [1.54, 1.807) is 42.3 Å². The molecule has 504 valence electrons. The maximum absolute atomic E-state index is 13.1. The van der Waals surface area contributed by atoms with Crippen molar-refractivity contribution in [3.63, 3.8) is 0 Å². The van der Waals surface area contributed by atoms with Crippen molar-refractivity contribution < 1.29 is 115 Å². The molecule has 9 fully saturated rings. The molecular formula is C64H104O24. The number of hydrogen-bond acceptors (Lipinski definition) is 24. The predicted molar refractivity (Wildman–Crippen MR) is 309 cm³/mol. The third kappa shape index (κ3) is 13.1. The van der Waals surface area contributed by atoms with Gasteiger partial charge in [0.1, 0.15) is 48.3 Å². The molecule has 6 aliphatic heterocycles. The molecule has 0 radical (unpaired) electrons. The summed E-state index contributed by atoms with van der Waals surface area (Å²) in [4.78, 5) is 25.7. The van der Waals surface area contributed by atoms with Crippen LogP contribution >= 0.6 is 0 Å². The highest BCUT2D eigenvalue weighted by Gasteiger charge is 2.77. The Bertz CT molecular complexity index is 2370. The molecule has 24 heteroatoms. The summed E-state index contributed by atoms with van der Waals surface area (Å²) in [6.07, 6.45) is -6.85. The number of rotatable bonds is 19. The van der Waals surface area contributed by atoms with Crippen LogP contribution < -0.4 is 0 Å². The maximum Gasteiger partial charge on any atom is 0.302 e. The van der Waals surface area contributed by atoms with Crippen molar-refractivity contribution >= 4 is 11.8 Å². The smallest absolute Gasteiger partial charge is 0.302 e. The molecule has 0 amide bonds. The van der Waals surface area contributed by atoms with E-state index in [1.165, 1.54) is 26.5 Å². The van der Waals surface area contributed by atoms with Crippen LogP contribution in [0.2, 0.25) is 0 Å². The third-order valence-corrected chi connectivity index (χ3v) is 22.5. The minimum Gasteiger partial charge on any atom is -0.462 e. The van der Waals surface area contributed by atoms with Gasteiger partial charge in [-0.05, 0) is 111 Å². The van der Waals surface area contributed by atoms with Crippen LogP contribution in [0.1, 0.15) is 153 Å². The second kappa shape index (κ2) is 27.8. The van der Waals surface area contributed by atoms with Crippen molar-refractivity contribution in [2.75, 3.05) is 35.5 Å². The fraction of sp³-hybridized carbons (Fsp3) is 0.938. The largest absolute Gasteiger partial charge is 0.462 e. The highest BCUT2D eigenvalue weighted by atomic mass is 16.8. The summed E-state index contributed by atoms with van der Waals surface area (Å²) in [7, 11) is 8.10. The minimum atomic E-state index is -1.81. The zero-order valence-electron chi connectivity index (χ0n) is 54.4. The number of ketones is 1. The van der Waals surface area contributed by atoms with E-state index in [1.807, 2.05) is 34.6 Å². The normalized spacial score (nSPS) is 51.6. The van der Waals surface area contributed by atoms with Crippen LogP contribution in [-0.2, 0) is 94.9 Å². The number of methoxy groups -OCH3 is 5. The van der Waals surface area contributed by atoms with Gasteiger partial charge >= 0.3 is 5.97 Å². The van der Waals surface area contributed by atoms with E-state index in [2.05, 4.69) is 13.0 Å². The number of esters is 1. The average Bonchev–Trinajstić information content (AvgIpc) is 1.40. The van der Waals surface area contributed by atoms with E-state index in [-0.39, 0.29) is 48.7 Å². The van der Waals surface area contributed by atoms with Gasteiger partial charge in [-0.2, -0.15) is 0 Å². The number of carbonyl (C=O) groups is 2. The van der Waals surface area contributed by atoms with E-state index >= 15 is 0 Å². The molecular weight excluding hydrogens is 1150 g/mol. The Kier molecular flexibility index (Phi) is 21.7. The molecule has 10 rings (SSSR count). The Morgan fingerprint density at radius 2 is 0.898 bits per heavy atom. The Morgan fingerprint density at radius 3 is 1.32 bits per heavy atom. The molecule has 32 unspecified atom stereocenters. The van der Waals surface area contributed by atoms with Crippen LogP contribution in [0.3, 0.4) is 0 Å². The van der Waals surface area contributed by atoms with Crippen LogP contribution in [-0.4, -0.2) is 239 Å². The van der Waals surface area contributed by atoms with Gasteiger partial charge in [-0.15, -0.1) is 0 Å². The molecule has 10 aliphatic rings. The second-order valence-corrected chi connectivity index (χ2v) is 27.4. The Hall–Kier alpha value is -1.96. The van der Waals surface area contributed by atoms with E-state index in [0.717, 1.165) is 12.8 Å². The summed E-state index contributed by atoms with van der Waals surface area (Å²) < 4.78 is 113. The number of ether oxygens (including phenoxy) is 18. The first-order valence-electron chi connectivity index (χ1n) is 32.4. The lowest BCUT2D eigenvalue weighted by Gasteiger charge is -2.63. The predicted octanol–water partition coefficient (Wildman–Crippen LogP) is 4.84. The van der Waals surface area contributed by atoms with Crippen LogP contribution in [0.25, 0.3) is 0 Å². The van der Waals surface area contributed by atoms with E-state index in [4.69, 9.17) is 85.3 Å². The van der Waals surface area contributed by atoms with Crippen LogP contribution in [0.15, 0.2) is 11.6 Å². The lowest BCUT2D eigenvalue weighted by atomic mass is 9.44. The first-order chi connectivity index (χ1) is 41.7. The third-order valence-electron chi connectivity index (χ3n) is 22.5.